The number of piperidine rings is 1. The Kier molecular flexibility index (Phi) is 4.01. The van der Waals surface area contributed by atoms with Crippen molar-refractivity contribution in [3.05, 3.63) is 29.8 Å². The van der Waals surface area contributed by atoms with Crippen LogP contribution in [0.5, 0.6) is 0 Å². The van der Waals surface area contributed by atoms with Crippen molar-refractivity contribution in [3.63, 3.8) is 0 Å². The lowest BCUT2D eigenvalue weighted by molar-refractivity contribution is -0.128. The van der Waals surface area contributed by atoms with E-state index in [-0.39, 0.29) is 29.3 Å². The van der Waals surface area contributed by atoms with Gasteiger partial charge in [0.15, 0.2) is 0 Å². The van der Waals surface area contributed by atoms with Gasteiger partial charge in [0.1, 0.15) is 11.9 Å². The predicted octanol–water partition coefficient (Wildman–Crippen LogP) is 2.50. The molecule has 0 bridgehead atoms. The summed E-state index contributed by atoms with van der Waals surface area (Å²) < 4.78 is 5.37. The molecule has 1 aromatic carbocycles. The lowest BCUT2D eigenvalue weighted by Crippen LogP contribution is -2.30. The minimum atomic E-state index is -0.350. The fourth-order valence-corrected chi connectivity index (χ4v) is 4.39. The van der Waals surface area contributed by atoms with Gasteiger partial charge < -0.3 is 14.4 Å². The molecule has 3 aliphatic rings. The normalized spacial score (nSPS) is 29.5. The summed E-state index contributed by atoms with van der Waals surface area (Å²) in [6.07, 6.45) is 1.56. The summed E-state index contributed by atoms with van der Waals surface area (Å²) in [4.78, 5) is 38.4. The molecule has 3 fully saturated rings. The van der Waals surface area contributed by atoms with Crippen molar-refractivity contribution >= 4 is 23.5 Å². The average molecular weight is 356 g/mol. The van der Waals surface area contributed by atoms with E-state index >= 15 is 0 Å². The van der Waals surface area contributed by atoms with Gasteiger partial charge in [-0.1, -0.05) is 12.1 Å². The summed E-state index contributed by atoms with van der Waals surface area (Å²) in [6.45, 7) is 5.31. The number of likely N-dealkylation sites (tertiary alicyclic amines) is 1. The van der Waals surface area contributed by atoms with Crippen LogP contribution in [-0.4, -0.2) is 48.4 Å². The highest BCUT2D eigenvalue weighted by Crippen LogP contribution is 2.59. The standard InChI is InChI=1S/C20H24N2O4/c1-13(23)3-8-18-11-22(19(25)26-18)17-6-4-15(5-7-17)20-9-16(20)10-21(12-20)14(2)24/h4-7,16,18H,3,8-12H2,1-2H3/t16-,18+,20+/m1/s1. The van der Waals surface area contributed by atoms with E-state index in [1.165, 1.54) is 5.56 Å². The van der Waals surface area contributed by atoms with Crippen LogP contribution < -0.4 is 4.90 Å². The van der Waals surface area contributed by atoms with Crippen LogP contribution in [0.1, 0.15) is 38.7 Å². The first kappa shape index (κ1) is 17.1. The van der Waals surface area contributed by atoms with E-state index in [0.717, 1.165) is 25.2 Å². The van der Waals surface area contributed by atoms with Crippen LogP contribution in [0.4, 0.5) is 10.5 Å². The maximum atomic E-state index is 12.1. The molecule has 3 atom stereocenters. The van der Waals surface area contributed by atoms with Gasteiger partial charge >= 0.3 is 6.09 Å². The number of Topliss-reactive ketones (excluding diaryl/α,β-unsaturated/α-hetero) is 1. The largest absolute Gasteiger partial charge is 0.444 e. The summed E-state index contributed by atoms with van der Waals surface area (Å²) in [5, 5.41) is 0. The number of benzene rings is 1. The van der Waals surface area contributed by atoms with Gasteiger partial charge in [-0.2, -0.15) is 0 Å². The molecule has 6 nitrogen and oxygen atoms in total. The van der Waals surface area contributed by atoms with Crippen molar-refractivity contribution in [2.45, 2.75) is 44.6 Å². The second-order valence-electron chi connectivity index (χ2n) is 7.86. The molecule has 2 aliphatic heterocycles. The molecule has 0 radical (unpaired) electrons. The fraction of sp³-hybridized carbons (Fsp3) is 0.550. The number of amides is 2. The van der Waals surface area contributed by atoms with Gasteiger partial charge in [-0.3, -0.25) is 9.69 Å². The molecule has 2 saturated heterocycles. The molecule has 26 heavy (non-hydrogen) atoms. The molecule has 6 heteroatoms. The Morgan fingerprint density at radius 2 is 1.92 bits per heavy atom. The lowest BCUT2D eigenvalue weighted by atomic mass is 9.94. The van der Waals surface area contributed by atoms with Gasteiger partial charge in [0.05, 0.1) is 6.54 Å². The molecule has 1 saturated carbocycles. The summed E-state index contributed by atoms with van der Waals surface area (Å²) in [5.41, 5.74) is 2.18. The van der Waals surface area contributed by atoms with E-state index in [1.54, 1.807) is 18.7 Å². The van der Waals surface area contributed by atoms with Crippen molar-refractivity contribution in [3.8, 4) is 0 Å². The van der Waals surface area contributed by atoms with Crippen molar-refractivity contribution in [1.29, 1.82) is 0 Å². The number of hydrogen-bond acceptors (Lipinski definition) is 4. The molecule has 2 heterocycles. The van der Waals surface area contributed by atoms with Crippen LogP contribution >= 0.6 is 0 Å². The third-order valence-electron chi connectivity index (χ3n) is 6.04. The van der Waals surface area contributed by atoms with Gasteiger partial charge in [0.2, 0.25) is 5.91 Å². The number of hydrogen-bond donors (Lipinski definition) is 0. The Bertz CT molecular complexity index is 760. The number of carbonyl (C=O) groups excluding carboxylic acids is 3. The first-order valence-electron chi connectivity index (χ1n) is 9.23. The Morgan fingerprint density at radius 3 is 2.54 bits per heavy atom. The van der Waals surface area contributed by atoms with E-state index in [4.69, 9.17) is 4.74 Å². The van der Waals surface area contributed by atoms with Gasteiger partial charge in [-0.25, -0.2) is 4.79 Å². The van der Waals surface area contributed by atoms with Crippen LogP contribution in [0.25, 0.3) is 0 Å². The number of ketones is 1. The number of cyclic esters (lactones) is 1. The first-order chi connectivity index (χ1) is 12.4. The fourth-order valence-electron chi connectivity index (χ4n) is 4.39. The molecule has 0 spiro atoms. The van der Waals surface area contributed by atoms with Gasteiger partial charge in [0.25, 0.3) is 0 Å². The molecule has 0 N–H and O–H groups in total. The average Bonchev–Trinajstić information content (AvgIpc) is 2.98. The summed E-state index contributed by atoms with van der Waals surface area (Å²) in [7, 11) is 0. The molecular formula is C20H24N2O4. The highest BCUT2D eigenvalue weighted by atomic mass is 16.6. The van der Waals surface area contributed by atoms with E-state index in [2.05, 4.69) is 12.1 Å². The second-order valence-corrected chi connectivity index (χ2v) is 7.86. The highest BCUT2D eigenvalue weighted by molar-refractivity contribution is 5.89. The van der Waals surface area contributed by atoms with Gasteiger partial charge in [-0.15, -0.1) is 0 Å². The highest BCUT2D eigenvalue weighted by Gasteiger charge is 2.61. The van der Waals surface area contributed by atoms with Crippen LogP contribution in [0, 0.1) is 5.92 Å². The zero-order valence-electron chi connectivity index (χ0n) is 15.2. The monoisotopic (exact) mass is 356 g/mol. The molecule has 1 aromatic rings. The second kappa shape index (κ2) is 6.11. The molecule has 0 aromatic heterocycles. The Hall–Kier alpha value is -2.37. The van der Waals surface area contributed by atoms with Crippen molar-refractivity contribution in [1.82, 2.24) is 4.90 Å². The number of anilines is 1. The summed E-state index contributed by atoms with van der Waals surface area (Å²) in [5.74, 6) is 0.813. The zero-order chi connectivity index (χ0) is 18.5. The molecule has 138 valence electrons. The first-order valence-corrected chi connectivity index (χ1v) is 9.23. The smallest absolute Gasteiger partial charge is 0.414 e. The Balaban J connectivity index is 1.43. The predicted molar refractivity (Wildman–Crippen MR) is 96.0 cm³/mol. The number of nitrogens with zero attached hydrogens (tertiary/aromatic N) is 2. The maximum absolute atomic E-state index is 12.1. The zero-order valence-corrected chi connectivity index (χ0v) is 15.2. The van der Waals surface area contributed by atoms with Crippen molar-refractivity contribution in [2.24, 2.45) is 5.92 Å². The van der Waals surface area contributed by atoms with Crippen molar-refractivity contribution in [2.75, 3.05) is 24.5 Å². The van der Waals surface area contributed by atoms with E-state index in [0.29, 0.717) is 25.3 Å². The molecule has 2 amide bonds. The van der Waals surface area contributed by atoms with E-state index in [1.807, 2.05) is 17.0 Å². The van der Waals surface area contributed by atoms with E-state index in [9.17, 15) is 14.4 Å². The number of rotatable bonds is 5. The van der Waals surface area contributed by atoms with Gasteiger partial charge in [-0.05, 0) is 43.4 Å². The van der Waals surface area contributed by atoms with Crippen LogP contribution in [0.15, 0.2) is 24.3 Å². The van der Waals surface area contributed by atoms with Crippen molar-refractivity contribution < 1.29 is 19.1 Å². The molecule has 1 aliphatic carbocycles. The molecule has 4 rings (SSSR count). The third-order valence-corrected chi connectivity index (χ3v) is 6.04. The Morgan fingerprint density at radius 1 is 1.19 bits per heavy atom. The third kappa shape index (κ3) is 2.87. The molecule has 0 unspecified atom stereocenters. The topological polar surface area (TPSA) is 66.9 Å². The Labute approximate surface area is 153 Å². The number of ether oxygens (including phenoxy) is 1. The quantitative estimate of drug-likeness (QED) is 0.813. The van der Waals surface area contributed by atoms with E-state index < -0.39 is 0 Å². The number of fused-ring (bicyclic) bond motifs is 1. The maximum Gasteiger partial charge on any atom is 0.414 e. The summed E-state index contributed by atoms with van der Waals surface area (Å²) in [6, 6.07) is 8.08. The number of carbonyl (C=O) groups is 3. The summed E-state index contributed by atoms with van der Waals surface area (Å²) >= 11 is 0. The SMILES string of the molecule is CC(=O)CC[C@H]1CN(c2ccc([C@@]34C[C@@H]3CN(C(C)=O)C4)cc2)C(=O)O1. The molecular weight excluding hydrogens is 332 g/mol. The van der Waals surface area contributed by atoms with Crippen LogP contribution in [0.3, 0.4) is 0 Å². The minimum absolute atomic E-state index is 0.110. The minimum Gasteiger partial charge on any atom is -0.444 e. The van der Waals surface area contributed by atoms with Crippen LogP contribution in [-0.2, 0) is 19.7 Å². The lowest BCUT2D eigenvalue weighted by Gasteiger charge is -2.20. The van der Waals surface area contributed by atoms with Gasteiger partial charge in [0, 0.05) is 37.5 Å². The van der Waals surface area contributed by atoms with Crippen LogP contribution in [0.2, 0.25) is 0 Å².